The second kappa shape index (κ2) is 3.18. The summed E-state index contributed by atoms with van der Waals surface area (Å²) in [6.45, 7) is 0. The minimum absolute atomic E-state index is 0.0937. The molecule has 0 spiro atoms. The van der Waals surface area contributed by atoms with Gasteiger partial charge in [-0.3, -0.25) is 0 Å². The Bertz CT molecular complexity index is 414. The largest absolute Gasteiger partial charge is 0.352 e. The molecule has 0 aliphatic carbocycles. The van der Waals surface area contributed by atoms with E-state index in [0.717, 1.165) is 0 Å². The van der Waals surface area contributed by atoms with Gasteiger partial charge in [-0.05, 0) is 12.1 Å². The van der Waals surface area contributed by atoms with E-state index in [0.29, 0.717) is 11.3 Å². The van der Waals surface area contributed by atoms with Crippen molar-refractivity contribution in [1.82, 2.24) is 5.16 Å². The summed E-state index contributed by atoms with van der Waals surface area (Å²) in [7, 11) is 0. The van der Waals surface area contributed by atoms with Crippen LogP contribution in [0, 0.1) is 12.1 Å². The highest BCUT2D eigenvalue weighted by Crippen LogP contribution is 2.22. The lowest BCUT2D eigenvalue weighted by Gasteiger charge is -1.96. The Morgan fingerprint density at radius 1 is 1.46 bits per heavy atom. The molecule has 0 amide bonds. The van der Waals surface area contributed by atoms with Gasteiger partial charge in [0.15, 0.2) is 0 Å². The van der Waals surface area contributed by atoms with Crippen LogP contribution in [0.1, 0.15) is 0 Å². The van der Waals surface area contributed by atoms with E-state index in [1.807, 2.05) is 0 Å². The zero-order valence-corrected chi connectivity index (χ0v) is 7.18. The summed E-state index contributed by atoms with van der Waals surface area (Å²) in [5, 5.41) is 3.71. The lowest BCUT2D eigenvalue weighted by molar-refractivity contribution is 0.415. The van der Waals surface area contributed by atoms with E-state index in [-0.39, 0.29) is 5.02 Å². The molecule has 0 N–H and O–H groups in total. The third kappa shape index (κ3) is 1.55. The fourth-order valence-electron chi connectivity index (χ4n) is 0.976. The summed E-state index contributed by atoms with van der Waals surface area (Å²) in [5.41, 5.74) is 1.16. The molecule has 2 nitrogen and oxygen atoms in total. The highest BCUT2D eigenvalue weighted by Gasteiger charge is 2.04. The lowest BCUT2D eigenvalue weighted by Crippen LogP contribution is -1.80. The topological polar surface area (TPSA) is 26.0 Å². The SMILES string of the molecule is Fc1cc(-c2c[c]on2)ccc1Cl. The van der Waals surface area contributed by atoms with Crippen LogP contribution in [-0.2, 0) is 0 Å². The predicted octanol–water partition coefficient (Wildman–Crippen LogP) is 2.93. The Morgan fingerprint density at radius 3 is 2.92 bits per heavy atom. The molecule has 0 atom stereocenters. The van der Waals surface area contributed by atoms with E-state index in [4.69, 9.17) is 11.6 Å². The van der Waals surface area contributed by atoms with Crippen molar-refractivity contribution in [2.75, 3.05) is 0 Å². The molecule has 2 rings (SSSR count). The van der Waals surface area contributed by atoms with Crippen molar-refractivity contribution >= 4 is 11.6 Å². The summed E-state index contributed by atoms with van der Waals surface area (Å²) >= 11 is 5.52. The summed E-state index contributed by atoms with van der Waals surface area (Å²) in [6, 6.07) is 5.97. The van der Waals surface area contributed by atoms with E-state index < -0.39 is 5.82 Å². The van der Waals surface area contributed by atoms with Gasteiger partial charge in [0.1, 0.15) is 11.5 Å². The summed E-state index contributed by atoms with van der Waals surface area (Å²) in [5.74, 6) is -0.470. The van der Waals surface area contributed by atoms with Crippen LogP contribution < -0.4 is 0 Å². The van der Waals surface area contributed by atoms with Gasteiger partial charge in [0.05, 0.1) is 5.02 Å². The van der Waals surface area contributed by atoms with Crippen molar-refractivity contribution in [3.05, 3.63) is 41.4 Å². The molecule has 2 aromatic rings. The fourth-order valence-corrected chi connectivity index (χ4v) is 1.09. The van der Waals surface area contributed by atoms with Crippen LogP contribution in [0.4, 0.5) is 4.39 Å². The average Bonchev–Trinajstić information content (AvgIpc) is 2.62. The molecular weight excluding hydrogens is 193 g/mol. The molecule has 1 aromatic heterocycles. The van der Waals surface area contributed by atoms with E-state index in [1.54, 1.807) is 6.07 Å². The van der Waals surface area contributed by atoms with Gasteiger partial charge >= 0.3 is 0 Å². The van der Waals surface area contributed by atoms with Gasteiger partial charge in [0.2, 0.25) is 6.26 Å². The molecule has 1 aromatic carbocycles. The highest BCUT2D eigenvalue weighted by atomic mass is 35.5. The maximum atomic E-state index is 13.0. The van der Waals surface area contributed by atoms with Crippen molar-refractivity contribution in [2.24, 2.45) is 0 Å². The van der Waals surface area contributed by atoms with Crippen LogP contribution in [0.25, 0.3) is 11.3 Å². The van der Waals surface area contributed by atoms with Crippen LogP contribution in [0.3, 0.4) is 0 Å². The van der Waals surface area contributed by atoms with Crippen LogP contribution in [0.5, 0.6) is 0 Å². The summed E-state index contributed by atoms with van der Waals surface area (Å²) in [4.78, 5) is 0. The van der Waals surface area contributed by atoms with Gasteiger partial charge in [0.25, 0.3) is 0 Å². The van der Waals surface area contributed by atoms with Gasteiger partial charge in [0, 0.05) is 11.6 Å². The zero-order chi connectivity index (χ0) is 9.26. The quantitative estimate of drug-likeness (QED) is 0.701. The first-order chi connectivity index (χ1) is 6.27. The Hall–Kier alpha value is -1.35. The minimum Gasteiger partial charge on any atom is -0.352 e. The Kier molecular flexibility index (Phi) is 2.02. The second-order valence-electron chi connectivity index (χ2n) is 2.46. The molecule has 0 saturated heterocycles. The summed E-state index contributed by atoms with van der Waals surface area (Å²) < 4.78 is 17.5. The number of hydrogen-bond donors (Lipinski definition) is 0. The van der Waals surface area contributed by atoms with Crippen molar-refractivity contribution in [3.63, 3.8) is 0 Å². The molecule has 0 saturated carbocycles. The fraction of sp³-hybridized carbons (Fsp3) is 0. The van der Waals surface area contributed by atoms with Gasteiger partial charge in [-0.15, -0.1) is 0 Å². The average molecular weight is 197 g/mol. The van der Waals surface area contributed by atoms with E-state index >= 15 is 0 Å². The molecular formula is C9H4ClFNO. The van der Waals surface area contributed by atoms with Crippen LogP contribution in [-0.4, -0.2) is 5.16 Å². The molecule has 65 valence electrons. The molecule has 4 heteroatoms. The van der Waals surface area contributed by atoms with E-state index in [2.05, 4.69) is 15.9 Å². The van der Waals surface area contributed by atoms with E-state index in [1.165, 1.54) is 18.2 Å². The van der Waals surface area contributed by atoms with Crippen LogP contribution >= 0.6 is 11.6 Å². The molecule has 1 radical (unpaired) electrons. The molecule has 0 fully saturated rings. The Labute approximate surface area is 78.9 Å². The minimum atomic E-state index is -0.470. The van der Waals surface area contributed by atoms with Crippen molar-refractivity contribution < 1.29 is 8.91 Å². The number of nitrogens with zero attached hydrogens (tertiary/aromatic N) is 1. The van der Waals surface area contributed by atoms with Gasteiger partial charge < -0.3 is 4.52 Å². The monoisotopic (exact) mass is 196 g/mol. The van der Waals surface area contributed by atoms with Gasteiger partial charge in [-0.2, -0.15) is 0 Å². The molecule has 1 heterocycles. The Balaban J connectivity index is 2.49. The standard InChI is InChI=1S/C9H4ClFNO/c10-7-2-1-6(5-8(7)11)9-3-4-13-12-9/h1-3,5H. The van der Waals surface area contributed by atoms with Gasteiger partial charge in [-0.1, -0.05) is 22.8 Å². The summed E-state index contributed by atoms with van der Waals surface area (Å²) in [6.07, 6.45) is 2.42. The van der Waals surface area contributed by atoms with Gasteiger partial charge in [-0.25, -0.2) is 4.39 Å². The first-order valence-corrected chi connectivity index (χ1v) is 3.93. The second-order valence-corrected chi connectivity index (χ2v) is 2.87. The third-order valence-corrected chi connectivity index (χ3v) is 1.91. The number of aromatic nitrogens is 1. The lowest BCUT2D eigenvalue weighted by atomic mass is 10.1. The molecule has 0 aliphatic heterocycles. The first kappa shape index (κ1) is 8.26. The Morgan fingerprint density at radius 2 is 2.31 bits per heavy atom. The smallest absolute Gasteiger partial charge is 0.205 e. The molecule has 0 aliphatic rings. The number of halogens is 2. The van der Waals surface area contributed by atoms with Crippen LogP contribution in [0.2, 0.25) is 5.02 Å². The number of hydrogen-bond acceptors (Lipinski definition) is 2. The zero-order valence-electron chi connectivity index (χ0n) is 6.42. The maximum absolute atomic E-state index is 13.0. The highest BCUT2D eigenvalue weighted by molar-refractivity contribution is 6.30. The van der Waals surface area contributed by atoms with Crippen LogP contribution in [0.15, 0.2) is 28.8 Å². The third-order valence-electron chi connectivity index (χ3n) is 1.61. The van der Waals surface area contributed by atoms with Crippen molar-refractivity contribution in [1.29, 1.82) is 0 Å². The van der Waals surface area contributed by atoms with E-state index in [9.17, 15) is 4.39 Å². The van der Waals surface area contributed by atoms with Crippen molar-refractivity contribution in [2.45, 2.75) is 0 Å². The number of benzene rings is 1. The predicted molar refractivity (Wildman–Crippen MR) is 45.7 cm³/mol. The first-order valence-electron chi connectivity index (χ1n) is 3.55. The maximum Gasteiger partial charge on any atom is 0.205 e. The number of rotatable bonds is 1. The normalized spacial score (nSPS) is 10.3. The van der Waals surface area contributed by atoms with Crippen molar-refractivity contribution in [3.8, 4) is 11.3 Å². The molecule has 0 unspecified atom stereocenters. The molecule has 13 heavy (non-hydrogen) atoms. The molecule has 0 bridgehead atoms.